The van der Waals surface area contributed by atoms with Crippen molar-refractivity contribution in [3.63, 3.8) is 0 Å². The van der Waals surface area contributed by atoms with Crippen LogP contribution in [0.25, 0.3) is 22.2 Å². The Morgan fingerprint density at radius 1 is 0.795 bits per heavy atom. The highest BCUT2D eigenvalue weighted by atomic mass is 16.5. The summed E-state index contributed by atoms with van der Waals surface area (Å²) >= 11 is 0. The molecular weight excluding hydrogens is 484 g/mol. The second kappa shape index (κ2) is 11.1. The van der Waals surface area contributed by atoms with Crippen LogP contribution in [0.15, 0.2) is 103 Å². The van der Waals surface area contributed by atoms with E-state index in [0.29, 0.717) is 31.9 Å². The fourth-order valence-electron chi connectivity index (χ4n) is 5.32. The molecule has 196 valence electrons. The van der Waals surface area contributed by atoms with Crippen molar-refractivity contribution in [3.05, 3.63) is 120 Å². The van der Waals surface area contributed by atoms with Gasteiger partial charge < -0.3 is 14.2 Å². The van der Waals surface area contributed by atoms with Gasteiger partial charge in [-0.1, -0.05) is 60.7 Å². The molecule has 6 rings (SSSR count). The first kappa shape index (κ1) is 24.9. The van der Waals surface area contributed by atoms with Crippen LogP contribution in [0.4, 0.5) is 0 Å². The Kier molecular flexibility index (Phi) is 7.11. The van der Waals surface area contributed by atoms with Crippen molar-refractivity contribution in [2.24, 2.45) is 0 Å². The van der Waals surface area contributed by atoms with Crippen molar-refractivity contribution in [2.45, 2.75) is 19.6 Å². The summed E-state index contributed by atoms with van der Waals surface area (Å²) in [5.74, 6) is 0.792. The monoisotopic (exact) mass is 516 g/mol. The van der Waals surface area contributed by atoms with Gasteiger partial charge in [-0.15, -0.1) is 0 Å². The molecule has 39 heavy (non-hydrogen) atoms. The summed E-state index contributed by atoms with van der Waals surface area (Å²) in [5, 5.41) is 1.17. The summed E-state index contributed by atoms with van der Waals surface area (Å²) in [7, 11) is 2.11. The number of para-hydroxylation sites is 1. The molecule has 1 aliphatic rings. The molecule has 0 radical (unpaired) electrons. The second-order valence-corrected chi connectivity index (χ2v) is 10.1. The molecular formula is C33H32N4O2. The number of carbonyl (C=O) groups is 1. The smallest absolute Gasteiger partial charge is 0.272 e. The predicted octanol–water partition coefficient (Wildman–Crippen LogP) is 5.87. The lowest BCUT2D eigenvalue weighted by molar-refractivity contribution is 0.0731. The molecule has 6 nitrogen and oxygen atoms in total. The van der Waals surface area contributed by atoms with Gasteiger partial charge in [-0.05, 0) is 54.6 Å². The van der Waals surface area contributed by atoms with Crippen molar-refractivity contribution in [1.82, 2.24) is 19.4 Å². The maximum absolute atomic E-state index is 13.7. The van der Waals surface area contributed by atoms with Gasteiger partial charge >= 0.3 is 0 Å². The van der Waals surface area contributed by atoms with E-state index in [1.54, 1.807) is 12.3 Å². The molecule has 0 N–H and O–H groups in total. The van der Waals surface area contributed by atoms with Gasteiger partial charge in [0.15, 0.2) is 0 Å². The van der Waals surface area contributed by atoms with Gasteiger partial charge in [-0.3, -0.25) is 14.7 Å². The van der Waals surface area contributed by atoms with Crippen LogP contribution >= 0.6 is 0 Å². The molecule has 0 saturated carbocycles. The molecule has 3 aromatic carbocycles. The molecule has 0 saturated heterocycles. The molecule has 3 heterocycles. The summed E-state index contributed by atoms with van der Waals surface area (Å²) in [4.78, 5) is 22.3. The molecule has 1 amide bonds. The number of likely N-dealkylation sites (N-methyl/N-ethyl adjacent to an activating group) is 1. The van der Waals surface area contributed by atoms with E-state index < -0.39 is 0 Å². The Hall–Kier alpha value is -4.42. The Morgan fingerprint density at radius 3 is 2.49 bits per heavy atom. The molecule has 1 aliphatic heterocycles. The highest BCUT2D eigenvalue weighted by molar-refractivity contribution is 5.92. The summed E-state index contributed by atoms with van der Waals surface area (Å²) in [6, 6.07) is 33.0. The lowest BCUT2D eigenvalue weighted by Gasteiger charge is -2.24. The minimum atomic E-state index is -0.0653. The maximum atomic E-state index is 13.7. The molecule has 0 atom stereocenters. The molecule has 0 spiro atoms. The average molecular weight is 517 g/mol. The number of aromatic nitrogens is 2. The fraction of sp³-hybridized carbons (Fsp3) is 0.212. The van der Waals surface area contributed by atoms with E-state index in [-0.39, 0.29) is 5.91 Å². The lowest BCUT2D eigenvalue weighted by Crippen LogP contribution is -2.34. The highest BCUT2D eigenvalue weighted by Gasteiger charge is 2.20. The van der Waals surface area contributed by atoms with E-state index in [0.717, 1.165) is 41.2 Å². The number of nitrogens with zero attached hydrogens (tertiary/aromatic N) is 4. The quantitative estimate of drug-likeness (QED) is 0.280. The number of hydrogen-bond donors (Lipinski definition) is 0. The van der Waals surface area contributed by atoms with Crippen molar-refractivity contribution in [3.8, 4) is 17.0 Å². The predicted molar refractivity (Wildman–Crippen MR) is 155 cm³/mol. The number of fused-ring (bicyclic) bond motifs is 8. The number of benzene rings is 3. The molecule has 6 heteroatoms. The highest BCUT2D eigenvalue weighted by Crippen LogP contribution is 2.30. The summed E-state index contributed by atoms with van der Waals surface area (Å²) in [6.45, 7) is 3.92. The minimum absolute atomic E-state index is 0.0653. The van der Waals surface area contributed by atoms with Gasteiger partial charge in [0.05, 0.1) is 0 Å². The standard InChI is InChI=1S/C33H32N4O2/c1-35-18-19-39-29-12-7-11-27(21-29)32-22-28-10-2-3-14-31(28)37(32)17-16-36(33(38)30-13-4-5-15-34-30)24-26-9-6-8-25(20-26)23-35/h2-15,20-22H,16-19,23-24H2,1H3. The SMILES string of the molecule is CN1CCOc2cccc(c2)-c2cc3ccccc3n2CCN(C(=O)c2ccccn2)Cc2cccc(c2)C1. The van der Waals surface area contributed by atoms with E-state index in [1.807, 2.05) is 29.2 Å². The van der Waals surface area contributed by atoms with Gasteiger partial charge in [0.25, 0.3) is 5.91 Å². The van der Waals surface area contributed by atoms with Crippen molar-refractivity contribution in [2.75, 3.05) is 26.7 Å². The molecule has 2 aromatic heterocycles. The second-order valence-electron chi connectivity index (χ2n) is 10.1. The van der Waals surface area contributed by atoms with E-state index in [2.05, 4.69) is 88.2 Å². The average Bonchev–Trinajstić information content (AvgIpc) is 3.34. The number of amides is 1. The van der Waals surface area contributed by atoms with Crippen molar-refractivity contribution < 1.29 is 9.53 Å². The van der Waals surface area contributed by atoms with E-state index in [9.17, 15) is 4.79 Å². The van der Waals surface area contributed by atoms with Crippen LogP contribution in [0.5, 0.6) is 5.75 Å². The molecule has 0 fully saturated rings. The van der Waals surface area contributed by atoms with Crippen molar-refractivity contribution >= 4 is 16.8 Å². The normalized spacial score (nSPS) is 14.8. The van der Waals surface area contributed by atoms with Gasteiger partial charge in [0, 0.05) is 61.1 Å². The largest absolute Gasteiger partial charge is 0.492 e. The van der Waals surface area contributed by atoms with E-state index >= 15 is 0 Å². The van der Waals surface area contributed by atoms with Crippen LogP contribution in [0.1, 0.15) is 21.6 Å². The number of ether oxygens (including phenoxy) is 1. The summed E-state index contributed by atoms with van der Waals surface area (Å²) in [6.07, 6.45) is 1.68. The topological polar surface area (TPSA) is 50.6 Å². The van der Waals surface area contributed by atoms with Gasteiger partial charge in [0.1, 0.15) is 18.1 Å². The first-order valence-electron chi connectivity index (χ1n) is 13.4. The number of pyridine rings is 1. The first-order valence-corrected chi connectivity index (χ1v) is 13.4. The van der Waals surface area contributed by atoms with Gasteiger partial charge in [-0.25, -0.2) is 0 Å². The summed E-state index contributed by atoms with van der Waals surface area (Å²) < 4.78 is 8.49. The zero-order valence-corrected chi connectivity index (χ0v) is 22.2. The Balaban J connectivity index is 1.43. The molecule has 4 bridgehead atoms. The van der Waals surface area contributed by atoms with E-state index in [4.69, 9.17) is 4.74 Å². The first-order chi connectivity index (χ1) is 19.1. The molecule has 0 unspecified atom stereocenters. The van der Waals surface area contributed by atoms with Crippen LogP contribution in [0.2, 0.25) is 0 Å². The van der Waals surface area contributed by atoms with Crippen LogP contribution < -0.4 is 4.74 Å². The third kappa shape index (κ3) is 5.56. The zero-order valence-electron chi connectivity index (χ0n) is 22.2. The third-order valence-corrected chi connectivity index (χ3v) is 7.26. The number of hydrogen-bond acceptors (Lipinski definition) is 4. The Labute approximate surface area is 229 Å². The Bertz CT molecular complexity index is 1590. The maximum Gasteiger partial charge on any atom is 0.272 e. The van der Waals surface area contributed by atoms with E-state index in [1.165, 1.54) is 10.9 Å². The van der Waals surface area contributed by atoms with Gasteiger partial charge in [-0.2, -0.15) is 0 Å². The molecule has 0 aliphatic carbocycles. The van der Waals surface area contributed by atoms with Crippen molar-refractivity contribution in [1.29, 1.82) is 0 Å². The fourth-order valence-corrected chi connectivity index (χ4v) is 5.32. The number of carbonyl (C=O) groups excluding carboxylic acids is 1. The Morgan fingerprint density at radius 2 is 1.62 bits per heavy atom. The van der Waals surface area contributed by atoms with Crippen LogP contribution in [0.3, 0.4) is 0 Å². The third-order valence-electron chi connectivity index (χ3n) is 7.26. The zero-order chi connectivity index (χ0) is 26.6. The molecule has 5 aromatic rings. The lowest BCUT2D eigenvalue weighted by atomic mass is 10.1. The van der Waals surface area contributed by atoms with Crippen LogP contribution in [-0.2, 0) is 19.6 Å². The van der Waals surface area contributed by atoms with Crippen LogP contribution in [0, 0.1) is 0 Å². The number of rotatable bonds is 1. The van der Waals surface area contributed by atoms with Gasteiger partial charge in [0.2, 0.25) is 0 Å². The van der Waals surface area contributed by atoms with Crippen LogP contribution in [-0.4, -0.2) is 52.0 Å². The minimum Gasteiger partial charge on any atom is -0.492 e. The summed E-state index contributed by atoms with van der Waals surface area (Å²) in [5.41, 5.74) is 6.12.